The maximum absolute atomic E-state index is 12.8. The molecule has 2 heterocycles. The molecule has 0 bridgehead atoms. The number of hydrogen-bond donors (Lipinski definition) is 1. The highest BCUT2D eigenvalue weighted by Gasteiger charge is 2.26. The van der Waals surface area contributed by atoms with Gasteiger partial charge in [-0.25, -0.2) is 13.4 Å². The van der Waals surface area contributed by atoms with Gasteiger partial charge in [-0.3, -0.25) is 4.79 Å². The van der Waals surface area contributed by atoms with E-state index in [1.165, 1.54) is 16.4 Å². The number of aryl methyl sites for hydroxylation is 1. The fourth-order valence-corrected chi connectivity index (χ4v) is 4.41. The van der Waals surface area contributed by atoms with Gasteiger partial charge in [-0.2, -0.15) is 4.31 Å². The minimum atomic E-state index is -3.56. The number of anilines is 1. The summed E-state index contributed by atoms with van der Waals surface area (Å²) in [6.45, 7) is 2.91. The van der Waals surface area contributed by atoms with Gasteiger partial charge in [0.05, 0.1) is 4.90 Å². The lowest BCUT2D eigenvalue weighted by molar-refractivity contribution is 0.102. The number of nitrogens with zero attached hydrogens (tertiary/aromatic N) is 2. The lowest BCUT2D eigenvalue weighted by Crippen LogP contribution is -2.35. The fourth-order valence-electron chi connectivity index (χ4n) is 2.85. The Labute approximate surface area is 147 Å². The zero-order valence-electron chi connectivity index (χ0n) is 14.1. The van der Waals surface area contributed by atoms with Crippen LogP contribution in [0, 0.1) is 6.92 Å². The molecule has 1 N–H and O–H groups in total. The van der Waals surface area contributed by atoms with E-state index in [0.717, 1.165) is 24.8 Å². The molecule has 1 aliphatic rings. The number of amides is 1. The number of benzene rings is 1. The first kappa shape index (κ1) is 17.6. The Hall–Kier alpha value is -2.25. The normalized spacial score (nSPS) is 15.7. The van der Waals surface area contributed by atoms with E-state index < -0.39 is 10.0 Å². The van der Waals surface area contributed by atoms with Crippen molar-refractivity contribution in [2.24, 2.45) is 0 Å². The molecule has 1 aromatic carbocycles. The van der Waals surface area contributed by atoms with E-state index in [-0.39, 0.29) is 10.8 Å². The minimum Gasteiger partial charge on any atom is -0.306 e. The number of hydrogen-bond acceptors (Lipinski definition) is 4. The number of rotatable bonds is 4. The highest BCUT2D eigenvalue weighted by Crippen LogP contribution is 2.22. The lowest BCUT2D eigenvalue weighted by atomic mass is 10.2. The number of sulfonamides is 1. The van der Waals surface area contributed by atoms with E-state index in [2.05, 4.69) is 10.3 Å². The summed E-state index contributed by atoms with van der Waals surface area (Å²) in [5.41, 5.74) is 1.14. The van der Waals surface area contributed by atoms with Crippen LogP contribution in [-0.2, 0) is 10.0 Å². The third-order valence-electron chi connectivity index (χ3n) is 4.29. The molecule has 1 amide bonds. The second-order valence-electron chi connectivity index (χ2n) is 6.12. The standard InChI is InChI=1S/C18H21N3O3S/c1-14-7-6-10-19-17(14)20-18(22)15-8-5-9-16(13-15)25(23,24)21-11-3-2-4-12-21/h5-10,13H,2-4,11-12H2,1H3,(H,19,20,22). The number of nitrogens with one attached hydrogen (secondary N) is 1. The highest BCUT2D eigenvalue weighted by molar-refractivity contribution is 7.89. The Balaban J connectivity index is 1.83. The van der Waals surface area contributed by atoms with Crippen LogP contribution in [0.25, 0.3) is 0 Å². The van der Waals surface area contributed by atoms with Crippen LogP contribution in [0.5, 0.6) is 0 Å². The summed E-state index contributed by atoms with van der Waals surface area (Å²) in [4.78, 5) is 16.7. The number of aromatic nitrogens is 1. The predicted molar refractivity (Wildman–Crippen MR) is 96.0 cm³/mol. The molecular weight excluding hydrogens is 338 g/mol. The van der Waals surface area contributed by atoms with E-state index in [1.54, 1.807) is 24.4 Å². The number of carbonyl (C=O) groups is 1. The van der Waals surface area contributed by atoms with Gasteiger partial charge in [-0.15, -0.1) is 0 Å². The largest absolute Gasteiger partial charge is 0.306 e. The predicted octanol–water partition coefficient (Wildman–Crippen LogP) is 2.82. The topological polar surface area (TPSA) is 79.4 Å². The molecule has 0 atom stereocenters. The molecule has 1 aliphatic heterocycles. The van der Waals surface area contributed by atoms with Crippen molar-refractivity contribution >= 4 is 21.7 Å². The second-order valence-corrected chi connectivity index (χ2v) is 8.05. The first-order valence-electron chi connectivity index (χ1n) is 8.32. The molecule has 0 radical (unpaired) electrons. The first-order valence-corrected chi connectivity index (χ1v) is 9.76. The molecule has 7 heteroatoms. The third kappa shape index (κ3) is 3.88. The summed E-state index contributed by atoms with van der Waals surface area (Å²) >= 11 is 0. The van der Waals surface area contributed by atoms with Crippen molar-refractivity contribution in [3.8, 4) is 0 Å². The quantitative estimate of drug-likeness (QED) is 0.910. The van der Waals surface area contributed by atoms with Gasteiger partial charge < -0.3 is 5.32 Å². The monoisotopic (exact) mass is 359 g/mol. The smallest absolute Gasteiger partial charge is 0.256 e. The average Bonchev–Trinajstić information content (AvgIpc) is 2.64. The van der Waals surface area contributed by atoms with Crippen LogP contribution in [0.1, 0.15) is 35.2 Å². The third-order valence-corrected chi connectivity index (χ3v) is 6.19. The van der Waals surface area contributed by atoms with Gasteiger partial charge in [0.25, 0.3) is 5.91 Å². The van der Waals surface area contributed by atoms with Crippen molar-refractivity contribution in [1.29, 1.82) is 0 Å². The molecular formula is C18H21N3O3S. The Morgan fingerprint density at radius 1 is 1.12 bits per heavy atom. The van der Waals surface area contributed by atoms with Gasteiger partial charge in [0.15, 0.2) is 0 Å². The van der Waals surface area contributed by atoms with Crippen LogP contribution < -0.4 is 5.32 Å². The van der Waals surface area contributed by atoms with Gasteiger partial charge in [0, 0.05) is 24.8 Å². The Morgan fingerprint density at radius 2 is 1.88 bits per heavy atom. The lowest BCUT2D eigenvalue weighted by Gasteiger charge is -2.26. The number of carbonyl (C=O) groups excluding carboxylic acids is 1. The van der Waals surface area contributed by atoms with Crippen LogP contribution in [0.2, 0.25) is 0 Å². The van der Waals surface area contributed by atoms with Gasteiger partial charge in [-0.05, 0) is 49.6 Å². The summed E-state index contributed by atoms with van der Waals surface area (Å²) in [5.74, 6) is 0.0919. The molecule has 25 heavy (non-hydrogen) atoms. The second kappa shape index (κ2) is 7.33. The Bertz CT molecular complexity index is 875. The van der Waals surface area contributed by atoms with Crippen LogP contribution in [0.4, 0.5) is 5.82 Å². The van der Waals surface area contributed by atoms with Gasteiger partial charge in [-0.1, -0.05) is 18.6 Å². The van der Waals surface area contributed by atoms with E-state index in [9.17, 15) is 13.2 Å². The van der Waals surface area contributed by atoms with Crippen LogP contribution in [-0.4, -0.2) is 36.7 Å². The SMILES string of the molecule is Cc1cccnc1NC(=O)c1cccc(S(=O)(=O)N2CCCCC2)c1. The maximum atomic E-state index is 12.8. The number of pyridine rings is 1. The van der Waals surface area contributed by atoms with Crippen molar-refractivity contribution in [2.45, 2.75) is 31.1 Å². The summed E-state index contributed by atoms with van der Waals surface area (Å²) in [6, 6.07) is 9.79. The molecule has 0 spiro atoms. The Kier molecular flexibility index (Phi) is 5.15. The van der Waals surface area contributed by atoms with Crippen LogP contribution in [0.3, 0.4) is 0 Å². The van der Waals surface area contributed by atoms with E-state index in [4.69, 9.17) is 0 Å². The molecule has 132 valence electrons. The fraction of sp³-hybridized carbons (Fsp3) is 0.333. The van der Waals surface area contributed by atoms with Gasteiger partial charge >= 0.3 is 0 Å². The Morgan fingerprint density at radius 3 is 2.60 bits per heavy atom. The van der Waals surface area contributed by atoms with Crippen molar-refractivity contribution in [2.75, 3.05) is 18.4 Å². The minimum absolute atomic E-state index is 0.153. The van der Waals surface area contributed by atoms with E-state index in [0.29, 0.717) is 24.5 Å². The molecule has 0 saturated carbocycles. The zero-order chi connectivity index (χ0) is 17.9. The molecule has 1 aromatic heterocycles. The van der Waals surface area contributed by atoms with Gasteiger partial charge in [0.2, 0.25) is 10.0 Å². The molecule has 3 rings (SSSR count). The molecule has 0 unspecified atom stereocenters. The van der Waals surface area contributed by atoms with E-state index >= 15 is 0 Å². The molecule has 0 aliphatic carbocycles. The summed E-state index contributed by atoms with van der Waals surface area (Å²) in [5, 5.41) is 2.73. The summed E-state index contributed by atoms with van der Waals surface area (Å²) in [7, 11) is -3.56. The molecule has 1 saturated heterocycles. The van der Waals surface area contributed by atoms with Crippen molar-refractivity contribution in [3.05, 3.63) is 53.7 Å². The molecule has 1 fully saturated rings. The zero-order valence-corrected chi connectivity index (χ0v) is 14.9. The first-order chi connectivity index (χ1) is 12.0. The van der Waals surface area contributed by atoms with Crippen LogP contribution >= 0.6 is 0 Å². The number of piperidine rings is 1. The van der Waals surface area contributed by atoms with Crippen molar-refractivity contribution < 1.29 is 13.2 Å². The summed E-state index contributed by atoms with van der Waals surface area (Å²) in [6.07, 6.45) is 4.40. The van der Waals surface area contributed by atoms with E-state index in [1.807, 2.05) is 13.0 Å². The highest BCUT2D eigenvalue weighted by atomic mass is 32.2. The van der Waals surface area contributed by atoms with Crippen molar-refractivity contribution in [1.82, 2.24) is 9.29 Å². The summed E-state index contributed by atoms with van der Waals surface area (Å²) < 4.78 is 27.0. The molecule has 2 aromatic rings. The van der Waals surface area contributed by atoms with Crippen LogP contribution in [0.15, 0.2) is 47.5 Å². The molecule has 6 nitrogen and oxygen atoms in total. The van der Waals surface area contributed by atoms with Crippen molar-refractivity contribution in [3.63, 3.8) is 0 Å². The van der Waals surface area contributed by atoms with Gasteiger partial charge in [0.1, 0.15) is 5.82 Å². The average molecular weight is 359 g/mol. The maximum Gasteiger partial charge on any atom is 0.256 e.